The number of thiazole rings is 1. The van der Waals surface area contributed by atoms with Crippen molar-refractivity contribution in [3.63, 3.8) is 0 Å². The van der Waals surface area contributed by atoms with Crippen molar-refractivity contribution in [2.45, 2.75) is 22.4 Å². The number of carbonyl (C=O) groups excluding carboxylic acids is 3. The topological polar surface area (TPSA) is 109 Å². The summed E-state index contributed by atoms with van der Waals surface area (Å²) in [6.45, 7) is -0.455. The first-order valence-corrected chi connectivity index (χ1v) is 14.3. The highest BCUT2D eigenvalue weighted by atomic mass is 32.2. The van der Waals surface area contributed by atoms with E-state index in [0.717, 1.165) is 23.5 Å². The van der Waals surface area contributed by atoms with E-state index in [1.165, 1.54) is 28.8 Å². The summed E-state index contributed by atoms with van der Waals surface area (Å²) in [6.07, 6.45) is -4.54. The number of nitrogens with zero attached hydrogens (tertiary/aromatic N) is 1. The van der Waals surface area contributed by atoms with E-state index in [1.807, 2.05) is 0 Å². The van der Waals surface area contributed by atoms with Gasteiger partial charge in [0.1, 0.15) is 11.0 Å². The Balaban J connectivity index is 1.20. The number of rotatable bonds is 6. The molecule has 0 spiro atoms. The number of aromatic nitrogens is 1. The van der Waals surface area contributed by atoms with Crippen LogP contribution in [0.5, 0.6) is 5.75 Å². The number of thioether (sulfide) groups is 1. The number of H-pyrrole nitrogens is 1. The summed E-state index contributed by atoms with van der Waals surface area (Å²) in [4.78, 5) is 56.1. The van der Waals surface area contributed by atoms with Crippen molar-refractivity contribution in [1.82, 2.24) is 4.98 Å². The van der Waals surface area contributed by atoms with E-state index >= 15 is 0 Å². The van der Waals surface area contributed by atoms with Crippen LogP contribution in [0.1, 0.15) is 21.9 Å². The summed E-state index contributed by atoms with van der Waals surface area (Å²) in [5, 5.41) is 2.21. The van der Waals surface area contributed by atoms with Crippen LogP contribution >= 0.6 is 23.1 Å². The lowest BCUT2D eigenvalue weighted by Crippen LogP contribution is -2.32. The summed E-state index contributed by atoms with van der Waals surface area (Å²) < 4.78 is 44.4. The van der Waals surface area contributed by atoms with Crippen molar-refractivity contribution < 1.29 is 32.3 Å². The average Bonchev–Trinajstić information content (AvgIpc) is 3.46. The Kier molecular flexibility index (Phi) is 7.15. The number of anilines is 2. The zero-order chi connectivity index (χ0) is 29.6. The van der Waals surface area contributed by atoms with Crippen molar-refractivity contribution in [2.24, 2.45) is 5.92 Å². The van der Waals surface area contributed by atoms with Gasteiger partial charge >= 0.3 is 11.0 Å². The molecule has 1 saturated heterocycles. The molecule has 2 aliphatic rings. The van der Waals surface area contributed by atoms with Gasteiger partial charge in [-0.3, -0.25) is 19.2 Å². The molecule has 0 saturated carbocycles. The molecule has 1 aromatic heterocycles. The van der Waals surface area contributed by atoms with Crippen molar-refractivity contribution in [1.29, 1.82) is 0 Å². The third-order valence-corrected chi connectivity index (χ3v) is 9.32. The molecule has 1 fully saturated rings. The number of hydrogen-bond acceptors (Lipinski definition) is 7. The largest absolute Gasteiger partial charge is 0.484 e. The highest BCUT2D eigenvalue weighted by molar-refractivity contribution is 8.00. The molecule has 3 heterocycles. The molecular formula is C29H20F3N3O5S2. The number of hydrogen-bond donors (Lipinski definition) is 2. The molecule has 2 N–H and O–H groups in total. The molecule has 0 bridgehead atoms. The van der Waals surface area contributed by atoms with E-state index in [0.29, 0.717) is 26.9 Å². The maximum absolute atomic E-state index is 13.7. The first-order valence-electron chi connectivity index (χ1n) is 12.6. The van der Waals surface area contributed by atoms with Crippen molar-refractivity contribution in [2.75, 3.05) is 16.8 Å². The summed E-state index contributed by atoms with van der Waals surface area (Å²) in [6, 6.07) is 19.5. The predicted octanol–water partition coefficient (Wildman–Crippen LogP) is 5.27. The highest BCUT2D eigenvalue weighted by Crippen LogP contribution is 2.53. The number of benzene rings is 3. The van der Waals surface area contributed by atoms with Crippen molar-refractivity contribution >= 4 is 52.2 Å². The Morgan fingerprint density at radius 1 is 0.952 bits per heavy atom. The van der Waals surface area contributed by atoms with Crippen LogP contribution < -0.4 is 19.8 Å². The predicted molar refractivity (Wildman–Crippen MR) is 151 cm³/mol. The average molecular weight is 612 g/mol. The van der Waals surface area contributed by atoms with Gasteiger partial charge in [0.2, 0.25) is 11.8 Å². The van der Waals surface area contributed by atoms with Gasteiger partial charge in [0, 0.05) is 16.5 Å². The number of nitrogens with one attached hydrogen (secondary N) is 2. The molecule has 0 radical (unpaired) electrons. The fourth-order valence-electron chi connectivity index (χ4n) is 5.10. The number of ether oxygens (including phenoxy) is 1. The van der Waals surface area contributed by atoms with Crippen molar-refractivity contribution in [3.05, 3.63) is 105 Å². The van der Waals surface area contributed by atoms with Crippen LogP contribution in [-0.2, 0) is 20.6 Å². The minimum atomic E-state index is -4.54. The van der Waals surface area contributed by atoms with Gasteiger partial charge in [-0.15, -0.1) is 0 Å². The van der Waals surface area contributed by atoms with Gasteiger partial charge in [0.15, 0.2) is 6.61 Å². The molecular weight excluding hydrogens is 591 g/mol. The molecule has 6 rings (SSSR count). The first kappa shape index (κ1) is 27.8. The van der Waals surface area contributed by atoms with Gasteiger partial charge in [-0.25, -0.2) is 4.90 Å². The molecule has 214 valence electrons. The number of para-hydroxylation sites is 1. The van der Waals surface area contributed by atoms with Crippen LogP contribution in [0.4, 0.5) is 24.5 Å². The summed E-state index contributed by atoms with van der Waals surface area (Å²) >= 11 is 2.18. The lowest BCUT2D eigenvalue weighted by Gasteiger charge is -2.29. The van der Waals surface area contributed by atoms with Crippen LogP contribution in [-0.4, -0.2) is 34.6 Å². The number of imide groups is 1. The van der Waals surface area contributed by atoms with Crippen LogP contribution in [0.3, 0.4) is 0 Å². The van der Waals surface area contributed by atoms with Gasteiger partial charge < -0.3 is 15.0 Å². The van der Waals surface area contributed by atoms with E-state index in [2.05, 4.69) is 10.3 Å². The zero-order valence-electron chi connectivity index (χ0n) is 21.4. The smallest absolute Gasteiger partial charge is 0.416 e. The zero-order valence-corrected chi connectivity index (χ0v) is 23.0. The molecule has 3 unspecified atom stereocenters. The Morgan fingerprint density at radius 3 is 2.40 bits per heavy atom. The minimum absolute atomic E-state index is 0.0138. The Hall–Kier alpha value is -4.36. The lowest BCUT2D eigenvalue weighted by molar-refractivity contribution is -0.137. The van der Waals surface area contributed by atoms with E-state index < -0.39 is 41.3 Å². The van der Waals surface area contributed by atoms with Crippen LogP contribution in [0.2, 0.25) is 0 Å². The second-order valence-corrected chi connectivity index (χ2v) is 11.7. The fraction of sp³-hybridized carbons (Fsp3) is 0.172. The Bertz CT molecular complexity index is 1740. The molecule has 4 aromatic rings. The van der Waals surface area contributed by atoms with Gasteiger partial charge in [-0.1, -0.05) is 59.5 Å². The summed E-state index contributed by atoms with van der Waals surface area (Å²) in [5.74, 6) is -2.36. The number of alkyl halides is 3. The monoisotopic (exact) mass is 611 g/mol. The van der Waals surface area contributed by atoms with Gasteiger partial charge in [-0.05, 0) is 48.0 Å². The summed E-state index contributed by atoms with van der Waals surface area (Å²) in [5.41, 5.74) is 0.258. The molecule has 3 amide bonds. The van der Waals surface area contributed by atoms with E-state index in [-0.39, 0.29) is 22.4 Å². The number of amides is 3. The Morgan fingerprint density at radius 2 is 1.69 bits per heavy atom. The van der Waals surface area contributed by atoms with Gasteiger partial charge in [-0.2, -0.15) is 13.2 Å². The quantitative estimate of drug-likeness (QED) is 0.288. The second-order valence-electron chi connectivity index (χ2n) is 9.58. The third kappa shape index (κ3) is 5.21. The first-order chi connectivity index (χ1) is 20.1. The van der Waals surface area contributed by atoms with Crippen LogP contribution in [0.25, 0.3) is 0 Å². The number of fused-ring (bicyclic) bond motifs is 2. The number of halogens is 3. The van der Waals surface area contributed by atoms with Gasteiger partial charge in [0.05, 0.1) is 22.2 Å². The summed E-state index contributed by atoms with van der Waals surface area (Å²) in [7, 11) is 0. The fourth-order valence-corrected chi connectivity index (χ4v) is 7.61. The van der Waals surface area contributed by atoms with Crippen LogP contribution in [0, 0.1) is 5.92 Å². The van der Waals surface area contributed by atoms with E-state index in [1.54, 1.807) is 54.6 Å². The molecule has 2 aliphatic heterocycles. The lowest BCUT2D eigenvalue weighted by atomic mass is 9.83. The van der Waals surface area contributed by atoms with E-state index in [9.17, 15) is 32.3 Å². The molecule has 8 nitrogen and oxygen atoms in total. The maximum atomic E-state index is 13.7. The highest BCUT2D eigenvalue weighted by Gasteiger charge is 2.56. The second kappa shape index (κ2) is 10.8. The third-order valence-electron chi connectivity index (χ3n) is 6.92. The van der Waals surface area contributed by atoms with Gasteiger partial charge in [0.25, 0.3) is 5.91 Å². The SMILES string of the molecule is O=C(COc1ccc(C2c3sc(=O)[nH]c3SC3C(=O)N(c4ccccc4)C(=O)C32)cc1)Nc1cccc(C(F)(F)F)c1. The molecule has 3 aromatic carbocycles. The molecule has 42 heavy (non-hydrogen) atoms. The maximum Gasteiger partial charge on any atom is 0.416 e. The van der Waals surface area contributed by atoms with E-state index in [4.69, 9.17) is 4.74 Å². The number of carbonyl (C=O) groups is 3. The number of aromatic amines is 1. The van der Waals surface area contributed by atoms with Crippen molar-refractivity contribution in [3.8, 4) is 5.75 Å². The minimum Gasteiger partial charge on any atom is -0.484 e. The molecule has 0 aliphatic carbocycles. The molecule has 13 heteroatoms. The van der Waals surface area contributed by atoms with Crippen LogP contribution in [0.15, 0.2) is 88.7 Å². The Labute approximate surface area is 244 Å². The normalized spacial score (nSPS) is 19.8. The standard InChI is InChI=1S/C29H20F3N3O5S2/c30-29(31,32)16-5-4-6-17(13-16)33-20(36)14-40-19-11-9-15(10-12-19)21-22-24(41-25-23(21)42-28(39)34-25)27(38)35(26(22)37)18-7-2-1-3-8-18/h1-13,21-22,24H,14H2,(H,33,36)(H,34,39). The molecule has 3 atom stereocenters.